The number of ether oxygens (including phenoxy) is 1. The Morgan fingerprint density at radius 1 is 1.50 bits per heavy atom. The number of halogens is 1. The van der Waals surface area contributed by atoms with Crippen LogP contribution in [0.5, 0.6) is 0 Å². The van der Waals surface area contributed by atoms with Gasteiger partial charge in [0.25, 0.3) is 0 Å². The highest BCUT2D eigenvalue weighted by molar-refractivity contribution is 6.31. The van der Waals surface area contributed by atoms with Gasteiger partial charge in [0.2, 0.25) is 0 Å². The molecule has 1 rings (SSSR count). The number of hydrogen-bond acceptors (Lipinski definition) is 3. The third-order valence-corrected chi connectivity index (χ3v) is 3.53. The number of nitrogens with one attached hydrogen (secondary N) is 1. The van der Waals surface area contributed by atoms with E-state index in [-0.39, 0.29) is 0 Å². The van der Waals surface area contributed by atoms with Gasteiger partial charge in [-0.1, -0.05) is 18.5 Å². The minimum absolute atomic E-state index is 0.376. The van der Waals surface area contributed by atoms with Crippen molar-refractivity contribution in [1.82, 2.24) is 15.1 Å². The van der Waals surface area contributed by atoms with E-state index in [4.69, 9.17) is 16.3 Å². The number of rotatable bonds is 8. The minimum Gasteiger partial charge on any atom is -0.383 e. The van der Waals surface area contributed by atoms with Crippen molar-refractivity contribution in [3.05, 3.63) is 16.4 Å². The van der Waals surface area contributed by atoms with Crippen LogP contribution >= 0.6 is 11.6 Å². The lowest BCUT2D eigenvalue weighted by molar-refractivity contribution is 0.162. The van der Waals surface area contributed by atoms with Crippen LogP contribution in [-0.4, -0.2) is 36.1 Å². The highest BCUT2D eigenvalue weighted by Gasteiger charge is 2.14. The fourth-order valence-electron chi connectivity index (χ4n) is 2.06. The van der Waals surface area contributed by atoms with Crippen LogP contribution in [0.1, 0.15) is 31.2 Å². The van der Waals surface area contributed by atoms with E-state index >= 15 is 0 Å². The number of methoxy groups -OCH3 is 1. The molecule has 4 nitrogen and oxygen atoms in total. The van der Waals surface area contributed by atoms with Gasteiger partial charge in [0, 0.05) is 20.2 Å². The molecule has 0 amide bonds. The fraction of sp³-hybridized carbons (Fsp3) is 0.769. The maximum absolute atomic E-state index is 6.24. The van der Waals surface area contributed by atoms with Crippen molar-refractivity contribution in [1.29, 1.82) is 0 Å². The highest BCUT2D eigenvalue weighted by Crippen LogP contribution is 2.21. The third kappa shape index (κ3) is 4.26. The first-order chi connectivity index (χ1) is 8.60. The normalized spacial score (nSPS) is 12.9. The first kappa shape index (κ1) is 15.5. The average Bonchev–Trinajstić information content (AvgIpc) is 2.58. The lowest BCUT2D eigenvalue weighted by atomic mass is 10.1. The van der Waals surface area contributed by atoms with Crippen LogP contribution in [0.15, 0.2) is 0 Å². The zero-order valence-corrected chi connectivity index (χ0v) is 12.5. The van der Waals surface area contributed by atoms with Crippen molar-refractivity contribution in [2.24, 2.45) is 7.05 Å². The molecule has 1 N–H and O–H groups in total. The van der Waals surface area contributed by atoms with Crippen molar-refractivity contribution >= 4 is 11.6 Å². The van der Waals surface area contributed by atoms with Gasteiger partial charge in [-0.25, -0.2) is 0 Å². The fourth-order valence-corrected chi connectivity index (χ4v) is 2.31. The van der Waals surface area contributed by atoms with Crippen LogP contribution in [0.3, 0.4) is 0 Å². The average molecular weight is 274 g/mol. The summed E-state index contributed by atoms with van der Waals surface area (Å²) >= 11 is 6.24. The Balaban J connectivity index is 2.55. The molecule has 18 heavy (non-hydrogen) atoms. The molecule has 1 unspecified atom stereocenters. The highest BCUT2D eigenvalue weighted by atomic mass is 35.5. The second-order valence-electron chi connectivity index (χ2n) is 4.61. The van der Waals surface area contributed by atoms with Gasteiger partial charge in [-0.3, -0.25) is 4.68 Å². The molecule has 0 aliphatic heterocycles. The molecule has 0 aromatic carbocycles. The zero-order chi connectivity index (χ0) is 13.5. The maximum Gasteiger partial charge on any atom is 0.0846 e. The van der Waals surface area contributed by atoms with Crippen molar-refractivity contribution < 1.29 is 4.74 Å². The van der Waals surface area contributed by atoms with E-state index in [0.717, 1.165) is 48.8 Å². The lowest BCUT2D eigenvalue weighted by Crippen LogP contribution is -2.34. The predicted octanol–water partition coefficient (Wildman–Crippen LogP) is 2.33. The van der Waals surface area contributed by atoms with Gasteiger partial charge in [-0.05, 0) is 32.7 Å². The molecule has 0 spiro atoms. The van der Waals surface area contributed by atoms with Gasteiger partial charge < -0.3 is 10.1 Å². The van der Waals surface area contributed by atoms with Gasteiger partial charge in [0.05, 0.1) is 23.0 Å². The molecule has 0 aliphatic carbocycles. The molecule has 104 valence electrons. The minimum atomic E-state index is 0.376. The smallest absolute Gasteiger partial charge is 0.0846 e. The van der Waals surface area contributed by atoms with E-state index in [1.54, 1.807) is 7.11 Å². The molecule has 0 aliphatic rings. The molecule has 1 aromatic rings. The summed E-state index contributed by atoms with van der Waals surface area (Å²) in [6.07, 6.45) is 3.05. The van der Waals surface area contributed by atoms with E-state index in [1.807, 2.05) is 18.7 Å². The summed E-state index contributed by atoms with van der Waals surface area (Å²) in [6.45, 7) is 5.85. The Labute approximate surface area is 115 Å². The van der Waals surface area contributed by atoms with Gasteiger partial charge >= 0.3 is 0 Å². The van der Waals surface area contributed by atoms with E-state index in [9.17, 15) is 0 Å². The standard InChI is InChI=1S/C13H24ClN3O/c1-5-8-15-11(9-18-4)6-7-12-13(14)10(2)16-17(12)3/h11,15H,5-9H2,1-4H3. The van der Waals surface area contributed by atoms with Gasteiger partial charge in [0.1, 0.15) is 0 Å². The molecule has 0 radical (unpaired) electrons. The summed E-state index contributed by atoms with van der Waals surface area (Å²) in [5.74, 6) is 0. The zero-order valence-electron chi connectivity index (χ0n) is 11.8. The molecule has 0 fully saturated rings. The van der Waals surface area contributed by atoms with Gasteiger partial charge in [0.15, 0.2) is 0 Å². The van der Waals surface area contributed by atoms with Crippen molar-refractivity contribution in [3.63, 3.8) is 0 Å². The van der Waals surface area contributed by atoms with Crippen LogP contribution in [-0.2, 0) is 18.2 Å². The van der Waals surface area contributed by atoms with E-state index < -0.39 is 0 Å². The van der Waals surface area contributed by atoms with Gasteiger partial charge in [-0.15, -0.1) is 0 Å². The number of hydrogen-bond donors (Lipinski definition) is 1. The molecule has 5 heteroatoms. The summed E-state index contributed by atoms with van der Waals surface area (Å²) in [5.41, 5.74) is 2.01. The summed E-state index contributed by atoms with van der Waals surface area (Å²) in [7, 11) is 3.68. The van der Waals surface area contributed by atoms with Crippen LogP contribution < -0.4 is 5.32 Å². The summed E-state index contributed by atoms with van der Waals surface area (Å²) < 4.78 is 7.11. The molecule has 0 saturated carbocycles. The van der Waals surface area contributed by atoms with Crippen LogP contribution in [0.25, 0.3) is 0 Å². The molecule has 1 heterocycles. The quantitative estimate of drug-likeness (QED) is 0.790. The third-order valence-electron chi connectivity index (χ3n) is 3.04. The number of nitrogens with zero attached hydrogens (tertiary/aromatic N) is 2. The Morgan fingerprint density at radius 2 is 2.22 bits per heavy atom. The van der Waals surface area contributed by atoms with Crippen LogP contribution in [0.4, 0.5) is 0 Å². The first-order valence-corrected chi connectivity index (χ1v) is 6.88. The van der Waals surface area contributed by atoms with Crippen molar-refractivity contribution in [2.45, 2.75) is 39.2 Å². The largest absolute Gasteiger partial charge is 0.383 e. The molecule has 0 saturated heterocycles. The number of aromatic nitrogens is 2. The predicted molar refractivity (Wildman–Crippen MR) is 75.2 cm³/mol. The maximum atomic E-state index is 6.24. The summed E-state index contributed by atoms with van der Waals surface area (Å²) in [5, 5.41) is 8.61. The Morgan fingerprint density at radius 3 is 2.72 bits per heavy atom. The second kappa shape index (κ2) is 7.77. The molecular weight excluding hydrogens is 250 g/mol. The van der Waals surface area contributed by atoms with Crippen LogP contribution in [0, 0.1) is 6.92 Å². The topological polar surface area (TPSA) is 39.1 Å². The van der Waals surface area contributed by atoms with E-state index in [1.165, 1.54) is 0 Å². The Kier molecular flexibility index (Phi) is 6.68. The molecule has 1 atom stereocenters. The monoisotopic (exact) mass is 273 g/mol. The molecule has 0 bridgehead atoms. The van der Waals surface area contributed by atoms with Crippen molar-refractivity contribution in [2.75, 3.05) is 20.3 Å². The number of aryl methyl sites for hydroxylation is 2. The second-order valence-corrected chi connectivity index (χ2v) is 4.99. The van der Waals surface area contributed by atoms with E-state index in [0.29, 0.717) is 6.04 Å². The summed E-state index contributed by atoms with van der Waals surface area (Å²) in [6, 6.07) is 0.376. The lowest BCUT2D eigenvalue weighted by Gasteiger charge is -2.17. The van der Waals surface area contributed by atoms with E-state index in [2.05, 4.69) is 17.3 Å². The molecule has 1 aromatic heterocycles. The SMILES string of the molecule is CCCNC(CCc1c(Cl)c(C)nn1C)COC. The molecular formula is C13H24ClN3O. The van der Waals surface area contributed by atoms with Crippen molar-refractivity contribution in [3.8, 4) is 0 Å². The summed E-state index contributed by atoms with van der Waals surface area (Å²) in [4.78, 5) is 0. The first-order valence-electron chi connectivity index (χ1n) is 6.50. The Hall–Kier alpha value is -0.580. The van der Waals surface area contributed by atoms with Gasteiger partial charge in [-0.2, -0.15) is 5.10 Å². The van der Waals surface area contributed by atoms with Crippen LogP contribution in [0.2, 0.25) is 5.02 Å². The Bertz CT molecular complexity index is 365.